The minimum absolute atomic E-state index is 0.110. The Bertz CT molecular complexity index is 1160. The average Bonchev–Trinajstić information content (AvgIpc) is 3.06. The number of benzene rings is 2. The fraction of sp³-hybridized carbons (Fsp3) is 0.235. The summed E-state index contributed by atoms with van der Waals surface area (Å²) in [7, 11) is -6.25. The highest BCUT2D eigenvalue weighted by Crippen LogP contribution is 2.31. The van der Waals surface area contributed by atoms with Gasteiger partial charge in [-0.05, 0) is 55.4 Å². The Hall–Kier alpha value is -2.50. The Morgan fingerprint density at radius 1 is 1.11 bits per heavy atom. The number of nitrogens with one attached hydrogen (secondary N) is 2. The van der Waals surface area contributed by atoms with E-state index in [0.29, 0.717) is 18.7 Å². The molecule has 0 aliphatic carbocycles. The van der Waals surface area contributed by atoms with Crippen LogP contribution in [-0.2, 0) is 26.5 Å². The zero-order valence-corrected chi connectivity index (χ0v) is 16.7. The Kier molecular flexibility index (Phi) is 5.17. The quantitative estimate of drug-likeness (QED) is 0.747. The Labute approximate surface area is 162 Å². The van der Waals surface area contributed by atoms with Crippen molar-refractivity contribution in [3.8, 4) is 0 Å². The first-order chi connectivity index (χ1) is 13.0. The van der Waals surface area contributed by atoms with Crippen LogP contribution in [0.5, 0.6) is 0 Å². The molecule has 28 heavy (non-hydrogen) atoms. The van der Waals surface area contributed by atoms with E-state index in [-0.39, 0.29) is 11.3 Å². The molecule has 1 aliphatic heterocycles. The molecule has 0 saturated carbocycles. The third kappa shape index (κ3) is 3.86. The van der Waals surface area contributed by atoms with Crippen molar-refractivity contribution < 1.29 is 26.0 Å². The maximum Gasteiger partial charge on any atom is 0.255 e. The van der Waals surface area contributed by atoms with Gasteiger partial charge in [0.1, 0.15) is 10.7 Å². The molecule has 0 atom stereocenters. The molecule has 0 spiro atoms. The van der Waals surface area contributed by atoms with Gasteiger partial charge in [0.05, 0.1) is 11.9 Å². The number of carbonyl (C=O) groups is 1. The summed E-state index contributed by atoms with van der Waals surface area (Å²) in [4.78, 5) is 11.9. The van der Waals surface area contributed by atoms with Crippen molar-refractivity contribution in [1.29, 1.82) is 0 Å². The Morgan fingerprint density at radius 2 is 1.82 bits per heavy atom. The van der Waals surface area contributed by atoms with Crippen molar-refractivity contribution in [2.24, 2.45) is 0 Å². The maximum absolute atomic E-state index is 13.8. The number of hydrogen-bond acceptors (Lipinski definition) is 5. The maximum atomic E-state index is 13.8. The van der Waals surface area contributed by atoms with E-state index < -0.39 is 36.7 Å². The monoisotopic (exact) mass is 427 g/mol. The minimum Gasteiger partial charge on any atom is -0.322 e. The predicted molar refractivity (Wildman–Crippen MR) is 103 cm³/mol. The molecule has 2 aromatic rings. The van der Waals surface area contributed by atoms with E-state index >= 15 is 0 Å². The van der Waals surface area contributed by atoms with E-state index in [0.717, 1.165) is 31.0 Å². The van der Waals surface area contributed by atoms with Crippen LogP contribution >= 0.6 is 0 Å². The highest BCUT2D eigenvalue weighted by molar-refractivity contribution is 7.92. The summed E-state index contributed by atoms with van der Waals surface area (Å²) in [6.45, 7) is 0.308. The zero-order valence-electron chi connectivity index (χ0n) is 15.1. The molecular weight excluding hydrogens is 409 g/mol. The Balaban J connectivity index is 1.86. The smallest absolute Gasteiger partial charge is 0.255 e. The molecule has 11 heteroatoms. The third-order valence-electron chi connectivity index (χ3n) is 4.34. The highest BCUT2D eigenvalue weighted by Gasteiger charge is 2.27. The number of fused-ring (bicyclic) bond motifs is 1. The molecule has 3 rings (SSSR count). The summed E-state index contributed by atoms with van der Waals surface area (Å²) in [5.41, 5.74) is 1.63. The molecule has 0 radical (unpaired) electrons. The van der Waals surface area contributed by atoms with Gasteiger partial charge in [-0.2, -0.15) is 0 Å². The first-order valence-electron chi connectivity index (χ1n) is 8.18. The summed E-state index contributed by atoms with van der Waals surface area (Å²) in [6.07, 6.45) is 1.60. The van der Waals surface area contributed by atoms with Gasteiger partial charge in [-0.3, -0.25) is 9.10 Å². The average molecular weight is 427 g/mol. The van der Waals surface area contributed by atoms with Gasteiger partial charge in [0.2, 0.25) is 20.0 Å². The lowest BCUT2D eigenvalue weighted by Crippen LogP contribution is -2.27. The van der Waals surface area contributed by atoms with Crippen LogP contribution in [0.1, 0.15) is 15.9 Å². The molecule has 150 valence electrons. The molecule has 2 aromatic carbocycles. The number of carbonyl (C=O) groups excluding carboxylic acids is 1. The van der Waals surface area contributed by atoms with E-state index in [1.165, 1.54) is 16.4 Å². The van der Waals surface area contributed by atoms with Crippen molar-refractivity contribution in [2.75, 3.05) is 29.5 Å². The normalized spacial score (nSPS) is 14.0. The van der Waals surface area contributed by atoms with Crippen LogP contribution in [0.15, 0.2) is 41.3 Å². The van der Waals surface area contributed by atoms with Gasteiger partial charge in [0.15, 0.2) is 0 Å². The third-order valence-corrected chi connectivity index (χ3v) is 6.95. The SMILES string of the molecule is CNS(=O)(=O)c1cc(NC(=O)c2ccc3c(c2)CCN3S(C)(=O)=O)ccc1F. The number of sulfonamides is 2. The molecular formula is C17H18FN3O5S2. The van der Waals surface area contributed by atoms with Crippen molar-refractivity contribution in [3.05, 3.63) is 53.3 Å². The molecule has 1 heterocycles. The molecule has 1 amide bonds. The van der Waals surface area contributed by atoms with Gasteiger partial charge in [-0.1, -0.05) is 0 Å². The zero-order chi connectivity index (χ0) is 20.7. The van der Waals surface area contributed by atoms with Crippen LogP contribution in [-0.4, -0.2) is 42.6 Å². The number of amides is 1. The lowest BCUT2D eigenvalue weighted by atomic mass is 10.1. The van der Waals surface area contributed by atoms with E-state index in [1.54, 1.807) is 12.1 Å². The molecule has 0 saturated heterocycles. The molecule has 0 bridgehead atoms. The molecule has 0 unspecified atom stereocenters. The molecule has 0 fully saturated rings. The highest BCUT2D eigenvalue weighted by atomic mass is 32.2. The molecule has 1 aliphatic rings. The van der Waals surface area contributed by atoms with Crippen molar-refractivity contribution in [3.63, 3.8) is 0 Å². The minimum atomic E-state index is -4.02. The second-order valence-corrected chi connectivity index (χ2v) is 10.00. The van der Waals surface area contributed by atoms with Gasteiger partial charge < -0.3 is 5.32 Å². The summed E-state index contributed by atoms with van der Waals surface area (Å²) < 4.78 is 64.4. The van der Waals surface area contributed by atoms with Crippen LogP contribution in [0.2, 0.25) is 0 Å². The fourth-order valence-electron chi connectivity index (χ4n) is 2.96. The van der Waals surface area contributed by atoms with Gasteiger partial charge in [0.25, 0.3) is 5.91 Å². The largest absolute Gasteiger partial charge is 0.322 e. The van der Waals surface area contributed by atoms with Crippen LogP contribution in [0.25, 0.3) is 0 Å². The second kappa shape index (κ2) is 7.15. The number of halogens is 1. The first-order valence-corrected chi connectivity index (χ1v) is 11.5. The van der Waals surface area contributed by atoms with Crippen molar-refractivity contribution in [1.82, 2.24) is 4.72 Å². The van der Waals surface area contributed by atoms with Crippen LogP contribution in [0, 0.1) is 5.82 Å². The number of hydrogen-bond donors (Lipinski definition) is 2. The van der Waals surface area contributed by atoms with Gasteiger partial charge in [0, 0.05) is 17.8 Å². The molecule has 2 N–H and O–H groups in total. The Morgan fingerprint density at radius 3 is 2.46 bits per heavy atom. The van der Waals surface area contributed by atoms with E-state index in [4.69, 9.17) is 0 Å². The first kappa shape index (κ1) is 20.2. The number of rotatable bonds is 5. The molecule has 8 nitrogen and oxygen atoms in total. The summed E-state index contributed by atoms with van der Waals surface area (Å²) in [5.74, 6) is -1.47. The number of anilines is 2. The topological polar surface area (TPSA) is 113 Å². The van der Waals surface area contributed by atoms with Gasteiger partial charge in [-0.15, -0.1) is 0 Å². The van der Waals surface area contributed by atoms with Crippen molar-refractivity contribution in [2.45, 2.75) is 11.3 Å². The van der Waals surface area contributed by atoms with Crippen molar-refractivity contribution >= 4 is 37.3 Å². The van der Waals surface area contributed by atoms with Gasteiger partial charge >= 0.3 is 0 Å². The fourth-order valence-corrected chi connectivity index (χ4v) is 4.74. The predicted octanol–water partition coefficient (Wildman–Crippen LogP) is 1.31. The van der Waals surface area contributed by atoms with E-state index in [1.807, 2.05) is 4.72 Å². The standard InChI is InChI=1S/C17H18FN3O5S2/c1-19-28(25,26)16-10-13(4-5-14(16)18)20-17(22)12-3-6-15-11(9-12)7-8-21(15)27(2,23)24/h3-6,9-10,19H,7-8H2,1-2H3,(H,20,22). The van der Waals surface area contributed by atoms with Gasteiger partial charge in [-0.25, -0.2) is 25.9 Å². The summed E-state index contributed by atoms with van der Waals surface area (Å²) in [5, 5.41) is 2.52. The van der Waals surface area contributed by atoms with Crippen LogP contribution in [0.3, 0.4) is 0 Å². The lowest BCUT2D eigenvalue weighted by Gasteiger charge is -2.16. The van der Waals surface area contributed by atoms with Crippen LogP contribution < -0.4 is 14.3 Å². The number of nitrogens with zero attached hydrogens (tertiary/aromatic N) is 1. The lowest BCUT2D eigenvalue weighted by molar-refractivity contribution is 0.102. The van der Waals surface area contributed by atoms with E-state index in [9.17, 15) is 26.0 Å². The molecule has 0 aromatic heterocycles. The summed E-state index contributed by atoms with van der Waals surface area (Å²) in [6, 6.07) is 7.85. The van der Waals surface area contributed by atoms with E-state index in [2.05, 4.69) is 5.32 Å². The second-order valence-electron chi connectivity index (χ2n) is 6.24. The van der Waals surface area contributed by atoms with Crippen LogP contribution in [0.4, 0.5) is 15.8 Å². The summed E-state index contributed by atoms with van der Waals surface area (Å²) >= 11 is 0.